The minimum Gasteiger partial charge on any atom is -0.382 e. The third-order valence-corrected chi connectivity index (χ3v) is 6.16. The van der Waals surface area contributed by atoms with E-state index in [4.69, 9.17) is 5.73 Å². The van der Waals surface area contributed by atoms with Crippen LogP contribution in [0, 0.1) is 0 Å². The molecule has 0 radical (unpaired) electrons. The molecule has 6 heteroatoms. The van der Waals surface area contributed by atoms with E-state index in [0.29, 0.717) is 12.2 Å². The van der Waals surface area contributed by atoms with Crippen molar-refractivity contribution in [3.63, 3.8) is 0 Å². The van der Waals surface area contributed by atoms with Gasteiger partial charge in [0.2, 0.25) is 0 Å². The van der Waals surface area contributed by atoms with Crippen LogP contribution in [0.4, 0.5) is 17.2 Å². The Morgan fingerprint density at radius 2 is 1.47 bits per heavy atom. The minimum atomic E-state index is -0.387. The average Bonchev–Trinajstić information content (AvgIpc) is 3.12. The highest BCUT2D eigenvalue weighted by Crippen LogP contribution is 2.43. The van der Waals surface area contributed by atoms with Crippen molar-refractivity contribution in [3.8, 4) is 0 Å². The van der Waals surface area contributed by atoms with E-state index < -0.39 is 0 Å². The summed E-state index contributed by atoms with van der Waals surface area (Å²) in [6, 6.07) is 17.3. The van der Waals surface area contributed by atoms with E-state index in [1.165, 1.54) is 17.2 Å². The highest BCUT2D eigenvalue weighted by atomic mass is 16.1. The Balaban J connectivity index is 1.88. The predicted molar refractivity (Wildman–Crippen MR) is 133 cm³/mol. The van der Waals surface area contributed by atoms with E-state index >= 15 is 0 Å². The van der Waals surface area contributed by atoms with Crippen molar-refractivity contribution < 1.29 is 4.79 Å². The Labute approximate surface area is 189 Å². The van der Waals surface area contributed by atoms with Crippen LogP contribution in [0.1, 0.15) is 22.4 Å². The molecule has 0 atom stereocenters. The van der Waals surface area contributed by atoms with Crippen LogP contribution in [-0.2, 0) is 16.6 Å². The number of anilines is 3. The van der Waals surface area contributed by atoms with Gasteiger partial charge in [-0.05, 0) is 41.5 Å². The van der Waals surface area contributed by atoms with Crippen LogP contribution in [-0.4, -0.2) is 44.3 Å². The number of aromatic nitrogens is 2. The third-order valence-electron chi connectivity index (χ3n) is 6.16. The molecule has 164 valence electrons. The van der Waals surface area contributed by atoms with Gasteiger partial charge >= 0.3 is 0 Å². The number of nitrogens with zero attached hydrogens (tertiary/aromatic N) is 4. The summed E-state index contributed by atoms with van der Waals surface area (Å²) in [6.45, 7) is 0. The second kappa shape index (κ2) is 8.38. The summed E-state index contributed by atoms with van der Waals surface area (Å²) in [7, 11) is 8.16. The fourth-order valence-electron chi connectivity index (χ4n) is 4.33. The first-order valence-corrected chi connectivity index (χ1v) is 10.6. The van der Waals surface area contributed by atoms with Gasteiger partial charge in [-0.1, -0.05) is 36.4 Å². The zero-order valence-corrected chi connectivity index (χ0v) is 19.0. The topological polar surface area (TPSA) is 67.4 Å². The lowest BCUT2D eigenvalue weighted by molar-refractivity contribution is -0.104. The van der Waals surface area contributed by atoms with E-state index in [9.17, 15) is 4.79 Å². The molecule has 1 aliphatic carbocycles. The maximum Gasteiger partial charge on any atom is 0.153 e. The number of nitrogens with two attached hydrogens (primary N) is 1. The largest absolute Gasteiger partial charge is 0.382 e. The Morgan fingerprint density at radius 1 is 0.938 bits per heavy atom. The summed E-state index contributed by atoms with van der Waals surface area (Å²) in [6.07, 6.45) is 8.81. The molecule has 3 aromatic rings. The number of carbonyl (C=O) groups excluding carboxylic acids is 1. The Bertz CT molecular complexity index is 1120. The van der Waals surface area contributed by atoms with Crippen molar-refractivity contribution >= 4 is 35.8 Å². The molecule has 2 aromatic carbocycles. The summed E-state index contributed by atoms with van der Waals surface area (Å²) >= 11 is 0. The quantitative estimate of drug-likeness (QED) is 0.478. The van der Waals surface area contributed by atoms with Crippen molar-refractivity contribution in [1.29, 1.82) is 0 Å². The first-order valence-electron chi connectivity index (χ1n) is 10.6. The molecule has 6 nitrogen and oxygen atoms in total. The number of aldehydes is 1. The Morgan fingerprint density at radius 3 is 1.94 bits per heavy atom. The highest BCUT2D eigenvalue weighted by molar-refractivity contribution is 5.73. The summed E-state index contributed by atoms with van der Waals surface area (Å²) in [5.74, 6) is 0.464. The van der Waals surface area contributed by atoms with Gasteiger partial charge in [0.25, 0.3) is 0 Å². The van der Waals surface area contributed by atoms with Crippen molar-refractivity contribution in [2.24, 2.45) is 0 Å². The number of nitrogen functional groups attached to an aromatic ring is 1. The fourth-order valence-corrected chi connectivity index (χ4v) is 4.33. The van der Waals surface area contributed by atoms with Gasteiger partial charge in [-0.2, -0.15) is 5.10 Å². The van der Waals surface area contributed by atoms with Crippen LogP contribution in [0.25, 0.3) is 12.3 Å². The predicted octanol–water partition coefficient (Wildman–Crippen LogP) is 3.82. The molecular formula is C26H29N5O. The lowest BCUT2D eigenvalue weighted by Crippen LogP contribution is -2.31. The van der Waals surface area contributed by atoms with Gasteiger partial charge in [0.1, 0.15) is 6.29 Å². The van der Waals surface area contributed by atoms with Gasteiger partial charge in [0.15, 0.2) is 5.82 Å². The van der Waals surface area contributed by atoms with Crippen LogP contribution < -0.4 is 15.5 Å². The molecule has 0 aliphatic heterocycles. The van der Waals surface area contributed by atoms with E-state index in [-0.39, 0.29) is 5.41 Å². The number of benzene rings is 2. The van der Waals surface area contributed by atoms with Crippen LogP contribution in [0.3, 0.4) is 0 Å². The van der Waals surface area contributed by atoms with Crippen LogP contribution in [0.2, 0.25) is 0 Å². The number of allylic oxidation sites excluding steroid dienone is 2. The maximum atomic E-state index is 10.9. The molecule has 1 heterocycles. The first-order chi connectivity index (χ1) is 15.4. The van der Waals surface area contributed by atoms with E-state index in [1.807, 2.05) is 28.2 Å². The number of rotatable bonds is 6. The Kier molecular flexibility index (Phi) is 5.61. The zero-order valence-electron chi connectivity index (χ0n) is 19.0. The SMILES string of the molecule is CN(C)c1ccc(C2(c3ccc(N(C)C)cc3)C=Cc3c(N)nn(C=CC=O)c3C2)cc1. The van der Waals surface area contributed by atoms with Crippen LogP contribution in [0.5, 0.6) is 0 Å². The molecule has 1 aromatic heterocycles. The van der Waals surface area contributed by atoms with Gasteiger partial charge in [-0.15, -0.1) is 0 Å². The van der Waals surface area contributed by atoms with Crippen LogP contribution >= 0.6 is 0 Å². The number of carbonyl (C=O) groups is 1. The summed E-state index contributed by atoms with van der Waals surface area (Å²) < 4.78 is 1.72. The summed E-state index contributed by atoms with van der Waals surface area (Å²) in [5.41, 5.74) is 12.4. The molecule has 1 aliphatic rings. The van der Waals surface area contributed by atoms with Crippen LogP contribution in [0.15, 0.2) is 60.7 Å². The van der Waals surface area contributed by atoms with Crippen molar-refractivity contribution in [2.75, 3.05) is 43.7 Å². The van der Waals surface area contributed by atoms with Crippen molar-refractivity contribution in [3.05, 3.63) is 83.1 Å². The van der Waals surface area contributed by atoms with Gasteiger partial charge < -0.3 is 15.5 Å². The van der Waals surface area contributed by atoms with Gasteiger partial charge in [0.05, 0.1) is 5.69 Å². The molecule has 0 bridgehead atoms. The summed E-state index contributed by atoms with van der Waals surface area (Å²) in [5, 5.41) is 4.44. The van der Waals surface area contributed by atoms with Crippen molar-refractivity contribution in [2.45, 2.75) is 11.8 Å². The van der Waals surface area contributed by atoms with Crippen molar-refractivity contribution in [1.82, 2.24) is 9.78 Å². The first kappa shape index (κ1) is 21.4. The second-order valence-electron chi connectivity index (χ2n) is 8.53. The molecule has 4 rings (SSSR count). The average molecular weight is 428 g/mol. The number of hydrogen-bond acceptors (Lipinski definition) is 5. The normalized spacial score (nSPS) is 14.4. The highest BCUT2D eigenvalue weighted by Gasteiger charge is 2.37. The molecule has 0 saturated heterocycles. The summed E-state index contributed by atoms with van der Waals surface area (Å²) in [4.78, 5) is 15.1. The van der Waals surface area contributed by atoms with E-state index in [2.05, 4.69) is 75.6 Å². The second-order valence-corrected chi connectivity index (χ2v) is 8.53. The molecule has 0 spiro atoms. The minimum absolute atomic E-state index is 0.387. The lowest BCUT2D eigenvalue weighted by Gasteiger charge is -2.35. The standard InChI is InChI=1S/C26H29N5O/c1-29(2)21-10-6-19(7-11-21)26(20-8-12-22(13-9-20)30(3)4)15-14-23-24(18-26)31(16-5-17-32)28-25(23)27/h5-17H,18H2,1-4H3,(H2,27,28). The zero-order chi connectivity index (χ0) is 22.9. The molecule has 0 amide bonds. The molecule has 32 heavy (non-hydrogen) atoms. The maximum absolute atomic E-state index is 10.9. The lowest BCUT2D eigenvalue weighted by atomic mass is 9.68. The molecule has 0 fully saturated rings. The van der Waals surface area contributed by atoms with Gasteiger partial charge in [0, 0.05) is 63.2 Å². The molecule has 0 unspecified atom stereocenters. The van der Waals surface area contributed by atoms with E-state index in [1.54, 1.807) is 10.9 Å². The monoisotopic (exact) mass is 427 g/mol. The van der Waals surface area contributed by atoms with Gasteiger partial charge in [-0.3, -0.25) is 4.79 Å². The number of hydrogen-bond donors (Lipinski definition) is 1. The smallest absolute Gasteiger partial charge is 0.153 e. The third kappa shape index (κ3) is 3.68. The number of fused-ring (bicyclic) bond motifs is 1. The van der Waals surface area contributed by atoms with Gasteiger partial charge in [-0.25, -0.2) is 4.68 Å². The molecular weight excluding hydrogens is 398 g/mol. The Hall–Kier alpha value is -3.80. The molecule has 2 N–H and O–H groups in total. The molecule has 0 saturated carbocycles. The fraction of sp³-hybridized carbons (Fsp3) is 0.231. The van der Waals surface area contributed by atoms with E-state index in [0.717, 1.165) is 28.9 Å².